The molecule has 1 N–H and O–H groups in total. The quantitative estimate of drug-likeness (QED) is 0.188. The second-order valence-corrected chi connectivity index (χ2v) is 7.28. The molecule has 1 aromatic carbocycles. The van der Waals surface area contributed by atoms with Crippen LogP contribution in [0.25, 0.3) is 0 Å². The first-order chi connectivity index (χ1) is 12.1. The Kier molecular flexibility index (Phi) is 11.5. The zero-order valence-corrected chi connectivity index (χ0v) is 16.1. The van der Waals surface area contributed by atoms with Gasteiger partial charge in [-0.05, 0) is 44.1 Å². The minimum atomic E-state index is -0.615. The summed E-state index contributed by atoms with van der Waals surface area (Å²) in [6, 6.07) is 10.1. The summed E-state index contributed by atoms with van der Waals surface area (Å²) in [5.41, 5.74) is 0.507. The Morgan fingerprint density at radius 1 is 1.12 bits per heavy atom. The van der Waals surface area contributed by atoms with Gasteiger partial charge in [-0.25, -0.2) is 9.78 Å². The highest BCUT2D eigenvalue weighted by Gasteiger charge is 2.18. The molecule has 0 heterocycles. The minimum Gasteiger partial charge on any atom is -0.390 e. The summed E-state index contributed by atoms with van der Waals surface area (Å²) in [4.78, 5) is 10.8. The van der Waals surface area contributed by atoms with Gasteiger partial charge in [0.2, 0.25) is 0 Å². The van der Waals surface area contributed by atoms with E-state index in [4.69, 9.17) is 9.78 Å². The van der Waals surface area contributed by atoms with E-state index in [9.17, 15) is 5.11 Å². The van der Waals surface area contributed by atoms with E-state index in [1.54, 1.807) is 6.08 Å². The Hall–Kier alpha value is -1.16. The highest BCUT2D eigenvalue weighted by molar-refractivity contribution is 5.13. The zero-order valence-electron chi connectivity index (χ0n) is 16.1. The van der Waals surface area contributed by atoms with Crippen molar-refractivity contribution in [2.75, 3.05) is 6.61 Å². The third-order valence-corrected chi connectivity index (χ3v) is 4.58. The van der Waals surface area contributed by atoms with Crippen molar-refractivity contribution in [1.29, 1.82) is 0 Å². The lowest BCUT2D eigenvalue weighted by Gasteiger charge is -2.22. The van der Waals surface area contributed by atoms with Crippen LogP contribution in [0.3, 0.4) is 0 Å². The molecule has 0 saturated heterocycles. The van der Waals surface area contributed by atoms with E-state index in [0.717, 1.165) is 31.2 Å². The molecule has 3 nitrogen and oxygen atoms in total. The molecule has 0 aliphatic heterocycles. The third-order valence-electron chi connectivity index (χ3n) is 4.58. The first-order valence-electron chi connectivity index (χ1n) is 9.69. The van der Waals surface area contributed by atoms with Crippen LogP contribution in [0.15, 0.2) is 43.0 Å². The first-order valence-corrected chi connectivity index (χ1v) is 9.69. The fourth-order valence-corrected chi connectivity index (χ4v) is 2.98. The highest BCUT2D eigenvalue weighted by atomic mass is 17.2. The number of aliphatic hydroxyl groups is 1. The number of rotatable bonds is 15. The van der Waals surface area contributed by atoms with Crippen LogP contribution in [0.2, 0.25) is 0 Å². The summed E-state index contributed by atoms with van der Waals surface area (Å²) in [5.74, 6) is 0.528. The summed E-state index contributed by atoms with van der Waals surface area (Å²) in [7, 11) is 0. The van der Waals surface area contributed by atoms with E-state index in [0.29, 0.717) is 25.6 Å². The maximum Gasteiger partial charge on any atom is 0.107 e. The van der Waals surface area contributed by atoms with Gasteiger partial charge in [-0.1, -0.05) is 69.0 Å². The monoisotopic (exact) mass is 348 g/mol. The lowest BCUT2D eigenvalue weighted by Crippen LogP contribution is -2.22. The van der Waals surface area contributed by atoms with Crippen molar-refractivity contribution in [2.45, 2.75) is 77.4 Å². The molecule has 0 radical (unpaired) electrons. The second-order valence-electron chi connectivity index (χ2n) is 7.28. The number of unbranched alkanes of at least 4 members (excludes halogenated alkanes) is 2. The summed E-state index contributed by atoms with van der Waals surface area (Å²) >= 11 is 0. The predicted octanol–water partition coefficient (Wildman–Crippen LogP) is 5.83. The first kappa shape index (κ1) is 21.9. The molecule has 1 aromatic rings. The summed E-state index contributed by atoms with van der Waals surface area (Å²) in [6.07, 6.45) is 10.1. The minimum absolute atomic E-state index is 0.492. The van der Waals surface area contributed by atoms with Crippen LogP contribution in [-0.4, -0.2) is 17.3 Å². The van der Waals surface area contributed by atoms with Gasteiger partial charge in [0.25, 0.3) is 0 Å². The van der Waals surface area contributed by atoms with Crippen LogP contribution in [0.5, 0.6) is 0 Å². The van der Waals surface area contributed by atoms with Gasteiger partial charge in [0.05, 0.1) is 12.2 Å². The summed E-state index contributed by atoms with van der Waals surface area (Å²) < 4.78 is 0. The normalized spacial score (nSPS) is 14.8. The van der Waals surface area contributed by atoms with Crippen LogP contribution in [0.4, 0.5) is 0 Å². The van der Waals surface area contributed by atoms with E-state index < -0.39 is 5.60 Å². The molecule has 0 bridgehead atoms. The Morgan fingerprint density at radius 2 is 1.84 bits per heavy atom. The molecule has 0 saturated carbocycles. The fourth-order valence-electron chi connectivity index (χ4n) is 2.98. The molecule has 142 valence electrons. The van der Waals surface area contributed by atoms with Crippen molar-refractivity contribution in [3.8, 4) is 0 Å². The Labute approximate surface area is 154 Å². The van der Waals surface area contributed by atoms with E-state index in [1.165, 1.54) is 19.3 Å². The number of hydrogen-bond donors (Lipinski definition) is 1. The van der Waals surface area contributed by atoms with Crippen LogP contribution in [0, 0.1) is 5.92 Å². The molecule has 1 rings (SSSR count). The summed E-state index contributed by atoms with van der Waals surface area (Å²) in [5, 5.41) is 10.2. The van der Waals surface area contributed by atoms with Crippen molar-refractivity contribution >= 4 is 0 Å². The van der Waals surface area contributed by atoms with E-state index in [-0.39, 0.29) is 0 Å². The van der Waals surface area contributed by atoms with Gasteiger partial charge in [-0.2, -0.15) is 0 Å². The fraction of sp³-hybridized carbons (Fsp3) is 0.636. The summed E-state index contributed by atoms with van der Waals surface area (Å²) in [6.45, 7) is 8.96. The predicted molar refractivity (Wildman–Crippen MR) is 104 cm³/mol. The van der Waals surface area contributed by atoms with E-state index in [1.807, 2.05) is 37.3 Å². The number of benzene rings is 1. The highest BCUT2D eigenvalue weighted by Crippen LogP contribution is 2.22. The maximum atomic E-state index is 10.2. The SMILES string of the molecule is C=CCC(C)(O)CCCCC(CCCC)COOCc1ccccc1. The smallest absolute Gasteiger partial charge is 0.107 e. The van der Waals surface area contributed by atoms with Crippen LogP contribution >= 0.6 is 0 Å². The van der Waals surface area contributed by atoms with Gasteiger partial charge in [-0.15, -0.1) is 6.58 Å². The van der Waals surface area contributed by atoms with Crippen molar-refractivity contribution < 1.29 is 14.9 Å². The molecule has 25 heavy (non-hydrogen) atoms. The second kappa shape index (κ2) is 13.1. The van der Waals surface area contributed by atoms with Crippen LogP contribution < -0.4 is 0 Å². The molecule has 0 spiro atoms. The number of hydrogen-bond acceptors (Lipinski definition) is 3. The lowest BCUT2D eigenvalue weighted by atomic mass is 9.91. The molecule has 2 atom stereocenters. The lowest BCUT2D eigenvalue weighted by molar-refractivity contribution is -0.311. The van der Waals surface area contributed by atoms with Crippen molar-refractivity contribution in [3.63, 3.8) is 0 Å². The third kappa shape index (κ3) is 11.1. The molecule has 0 amide bonds. The molecular formula is C22H36O3. The maximum absolute atomic E-state index is 10.2. The largest absolute Gasteiger partial charge is 0.390 e. The van der Waals surface area contributed by atoms with Gasteiger partial charge < -0.3 is 5.11 Å². The Bertz CT molecular complexity index is 442. The average Bonchev–Trinajstić information content (AvgIpc) is 2.60. The Morgan fingerprint density at radius 3 is 2.52 bits per heavy atom. The van der Waals surface area contributed by atoms with Crippen LogP contribution in [-0.2, 0) is 16.4 Å². The zero-order chi connectivity index (χ0) is 18.4. The van der Waals surface area contributed by atoms with Gasteiger partial charge in [0.15, 0.2) is 0 Å². The molecule has 0 fully saturated rings. The molecule has 0 aromatic heterocycles. The van der Waals surface area contributed by atoms with E-state index in [2.05, 4.69) is 13.5 Å². The van der Waals surface area contributed by atoms with Gasteiger partial charge in [0.1, 0.15) is 6.61 Å². The van der Waals surface area contributed by atoms with E-state index >= 15 is 0 Å². The van der Waals surface area contributed by atoms with Gasteiger partial charge in [-0.3, -0.25) is 0 Å². The van der Waals surface area contributed by atoms with Crippen molar-refractivity contribution in [1.82, 2.24) is 0 Å². The molecular weight excluding hydrogens is 312 g/mol. The van der Waals surface area contributed by atoms with Crippen molar-refractivity contribution in [2.24, 2.45) is 5.92 Å². The van der Waals surface area contributed by atoms with Crippen molar-refractivity contribution in [3.05, 3.63) is 48.6 Å². The topological polar surface area (TPSA) is 38.7 Å². The van der Waals surface area contributed by atoms with Gasteiger partial charge in [0, 0.05) is 0 Å². The van der Waals surface area contributed by atoms with Gasteiger partial charge >= 0.3 is 0 Å². The standard InChI is InChI=1S/C22H36O3/c1-4-6-12-20(15-10-11-17-22(3,23)16-5-2)18-24-25-19-21-13-8-7-9-14-21/h5,7-9,13-14,20,23H,2,4,6,10-12,15-19H2,1,3H3. The Balaban J connectivity index is 2.22. The molecule has 0 aliphatic carbocycles. The molecule has 0 aliphatic rings. The van der Waals surface area contributed by atoms with Crippen LogP contribution in [0.1, 0.15) is 70.8 Å². The average molecular weight is 349 g/mol. The molecule has 2 unspecified atom stereocenters. The molecule has 3 heteroatoms.